The van der Waals surface area contributed by atoms with Crippen molar-refractivity contribution in [3.05, 3.63) is 0 Å². The Morgan fingerprint density at radius 1 is 1.12 bits per heavy atom. The quantitative estimate of drug-likeness (QED) is 0.611. The van der Waals surface area contributed by atoms with Crippen molar-refractivity contribution < 1.29 is 4.74 Å². The van der Waals surface area contributed by atoms with Gasteiger partial charge in [0.15, 0.2) is 0 Å². The van der Waals surface area contributed by atoms with E-state index in [0.717, 1.165) is 32.2 Å². The van der Waals surface area contributed by atoms with E-state index in [9.17, 15) is 0 Å². The first-order chi connectivity index (χ1) is 7.88. The van der Waals surface area contributed by atoms with Gasteiger partial charge in [0, 0.05) is 26.2 Å². The van der Waals surface area contributed by atoms with Crippen LogP contribution in [-0.2, 0) is 4.74 Å². The van der Waals surface area contributed by atoms with Crippen LogP contribution >= 0.6 is 0 Å². The minimum Gasteiger partial charge on any atom is -0.383 e. The van der Waals surface area contributed by atoms with E-state index in [1.165, 1.54) is 6.42 Å². The van der Waals surface area contributed by atoms with Crippen LogP contribution in [0, 0.1) is 11.3 Å². The van der Waals surface area contributed by atoms with Crippen LogP contribution in [0.15, 0.2) is 0 Å². The molecule has 0 aliphatic rings. The van der Waals surface area contributed by atoms with Gasteiger partial charge in [-0.3, -0.25) is 0 Å². The maximum absolute atomic E-state index is 4.99. The first-order valence-corrected chi connectivity index (χ1v) is 6.81. The molecule has 0 rings (SSSR count). The molecule has 2 atom stereocenters. The van der Waals surface area contributed by atoms with E-state index in [-0.39, 0.29) is 0 Å². The van der Waals surface area contributed by atoms with Crippen LogP contribution in [0.1, 0.15) is 41.0 Å². The average molecular weight is 244 g/mol. The predicted molar refractivity (Wildman–Crippen MR) is 75.4 cm³/mol. The molecule has 3 nitrogen and oxygen atoms in total. The molecular formula is C14H32N2O. The topological polar surface area (TPSA) is 33.3 Å². The summed E-state index contributed by atoms with van der Waals surface area (Å²) in [6.45, 7) is 15.3. The Morgan fingerprint density at radius 2 is 1.76 bits per heavy atom. The lowest BCUT2D eigenvalue weighted by Gasteiger charge is -2.27. The highest BCUT2D eigenvalue weighted by atomic mass is 16.5. The minimum absolute atomic E-state index is 0.418. The van der Waals surface area contributed by atoms with Crippen LogP contribution in [0.3, 0.4) is 0 Å². The van der Waals surface area contributed by atoms with Crippen molar-refractivity contribution in [2.24, 2.45) is 11.3 Å². The molecule has 0 aliphatic carbocycles. The van der Waals surface area contributed by atoms with Crippen molar-refractivity contribution in [1.29, 1.82) is 0 Å². The van der Waals surface area contributed by atoms with Crippen LogP contribution in [0.2, 0.25) is 0 Å². The van der Waals surface area contributed by atoms with E-state index in [1.807, 2.05) is 0 Å². The molecule has 0 aromatic rings. The Labute approximate surface area is 108 Å². The van der Waals surface area contributed by atoms with E-state index < -0.39 is 0 Å². The fourth-order valence-electron chi connectivity index (χ4n) is 1.54. The van der Waals surface area contributed by atoms with Gasteiger partial charge in [0.25, 0.3) is 0 Å². The molecular weight excluding hydrogens is 212 g/mol. The third kappa shape index (κ3) is 9.57. The first-order valence-electron chi connectivity index (χ1n) is 6.81. The molecule has 0 radical (unpaired) electrons. The summed E-state index contributed by atoms with van der Waals surface area (Å²) in [6, 6.07) is 0.527. The lowest BCUT2D eigenvalue weighted by Crippen LogP contribution is -2.38. The van der Waals surface area contributed by atoms with E-state index >= 15 is 0 Å². The second-order valence-corrected chi connectivity index (χ2v) is 6.11. The maximum atomic E-state index is 4.99. The zero-order chi connectivity index (χ0) is 13.3. The molecule has 17 heavy (non-hydrogen) atoms. The zero-order valence-electron chi connectivity index (χ0n) is 12.6. The first kappa shape index (κ1) is 16.9. The molecule has 3 heteroatoms. The van der Waals surface area contributed by atoms with Crippen molar-refractivity contribution in [3.63, 3.8) is 0 Å². The van der Waals surface area contributed by atoms with Crippen molar-refractivity contribution in [1.82, 2.24) is 10.6 Å². The van der Waals surface area contributed by atoms with Gasteiger partial charge in [0.2, 0.25) is 0 Å². The number of ether oxygens (including phenoxy) is 1. The van der Waals surface area contributed by atoms with Gasteiger partial charge in [-0.2, -0.15) is 0 Å². The SMILES string of the molecule is COCCNCC(C)NCCC(C)C(C)(C)C. The van der Waals surface area contributed by atoms with Crippen LogP contribution in [0.5, 0.6) is 0 Å². The summed E-state index contributed by atoms with van der Waals surface area (Å²) in [5.41, 5.74) is 0.418. The lowest BCUT2D eigenvalue weighted by molar-refractivity contribution is 0.198. The monoisotopic (exact) mass is 244 g/mol. The smallest absolute Gasteiger partial charge is 0.0587 e. The summed E-state index contributed by atoms with van der Waals surface area (Å²) in [7, 11) is 1.73. The van der Waals surface area contributed by atoms with Crippen molar-refractivity contribution in [2.45, 2.75) is 47.1 Å². The molecule has 104 valence electrons. The molecule has 2 unspecified atom stereocenters. The van der Waals surface area contributed by atoms with Gasteiger partial charge in [0.1, 0.15) is 0 Å². The van der Waals surface area contributed by atoms with Crippen LogP contribution in [-0.4, -0.2) is 39.4 Å². The van der Waals surface area contributed by atoms with E-state index in [4.69, 9.17) is 4.74 Å². The van der Waals surface area contributed by atoms with E-state index in [1.54, 1.807) is 7.11 Å². The molecule has 0 bridgehead atoms. The lowest BCUT2D eigenvalue weighted by atomic mass is 9.80. The number of nitrogens with one attached hydrogen (secondary N) is 2. The summed E-state index contributed by atoms with van der Waals surface area (Å²) < 4.78 is 4.99. The van der Waals surface area contributed by atoms with Gasteiger partial charge >= 0.3 is 0 Å². The fourth-order valence-corrected chi connectivity index (χ4v) is 1.54. The fraction of sp³-hybridized carbons (Fsp3) is 1.00. The van der Waals surface area contributed by atoms with Crippen LogP contribution in [0.4, 0.5) is 0 Å². The van der Waals surface area contributed by atoms with E-state index in [2.05, 4.69) is 45.3 Å². The largest absolute Gasteiger partial charge is 0.383 e. The predicted octanol–water partition coefficient (Wildman–Crippen LogP) is 2.27. The Kier molecular flexibility index (Phi) is 8.83. The van der Waals surface area contributed by atoms with Gasteiger partial charge in [0.05, 0.1) is 6.61 Å². The third-order valence-electron chi connectivity index (χ3n) is 3.48. The molecule has 0 saturated heterocycles. The molecule has 0 amide bonds. The van der Waals surface area contributed by atoms with Crippen LogP contribution in [0.25, 0.3) is 0 Å². The van der Waals surface area contributed by atoms with Gasteiger partial charge in [-0.05, 0) is 31.2 Å². The maximum Gasteiger partial charge on any atom is 0.0587 e. The Balaban J connectivity index is 3.48. The molecule has 0 aromatic heterocycles. The standard InChI is InChI=1S/C14H32N2O/c1-12(14(3,4)5)7-8-16-13(2)11-15-9-10-17-6/h12-13,15-16H,7-11H2,1-6H3. The molecule has 0 aliphatic heterocycles. The highest BCUT2D eigenvalue weighted by molar-refractivity contribution is 4.72. The summed E-state index contributed by atoms with van der Waals surface area (Å²) in [5, 5.41) is 6.93. The number of hydrogen-bond acceptors (Lipinski definition) is 3. The van der Waals surface area contributed by atoms with Crippen molar-refractivity contribution in [2.75, 3.05) is 33.4 Å². The highest BCUT2D eigenvalue weighted by Gasteiger charge is 2.19. The molecule has 0 fully saturated rings. The Bertz CT molecular complexity index is 178. The average Bonchev–Trinajstić information content (AvgIpc) is 2.23. The molecule has 0 saturated carbocycles. The Hall–Kier alpha value is -0.120. The van der Waals surface area contributed by atoms with Gasteiger partial charge in [-0.1, -0.05) is 27.7 Å². The van der Waals surface area contributed by atoms with Gasteiger partial charge < -0.3 is 15.4 Å². The number of methoxy groups -OCH3 is 1. The van der Waals surface area contributed by atoms with Crippen LogP contribution < -0.4 is 10.6 Å². The molecule has 0 heterocycles. The van der Waals surface area contributed by atoms with Crippen molar-refractivity contribution in [3.8, 4) is 0 Å². The van der Waals surface area contributed by atoms with E-state index in [0.29, 0.717) is 11.5 Å². The van der Waals surface area contributed by atoms with Crippen molar-refractivity contribution >= 4 is 0 Å². The third-order valence-corrected chi connectivity index (χ3v) is 3.48. The van der Waals surface area contributed by atoms with Gasteiger partial charge in [-0.25, -0.2) is 0 Å². The second-order valence-electron chi connectivity index (χ2n) is 6.11. The zero-order valence-corrected chi connectivity index (χ0v) is 12.6. The number of hydrogen-bond donors (Lipinski definition) is 2. The van der Waals surface area contributed by atoms with Gasteiger partial charge in [-0.15, -0.1) is 0 Å². The molecule has 2 N–H and O–H groups in total. The summed E-state index contributed by atoms with van der Waals surface area (Å²) in [5.74, 6) is 0.753. The number of rotatable bonds is 9. The summed E-state index contributed by atoms with van der Waals surface area (Å²) in [4.78, 5) is 0. The summed E-state index contributed by atoms with van der Waals surface area (Å²) in [6.07, 6.45) is 1.24. The molecule has 0 aromatic carbocycles. The normalized spacial score (nSPS) is 15.9. The molecule has 0 spiro atoms. The Morgan fingerprint density at radius 3 is 2.29 bits per heavy atom. The minimum atomic E-state index is 0.418. The second kappa shape index (κ2) is 8.90. The highest BCUT2D eigenvalue weighted by Crippen LogP contribution is 2.27. The summed E-state index contributed by atoms with van der Waals surface area (Å²) >= 11 is 0.